The molecule has 1 aromatic rings. The third-order valence-corrected chi connectivity index (χ3v) is 6.27. The van der Waals surface area contributed by atoms with Crippen LogP contribution in [0.4, 0.5) is 0 Å². The normalized spacial score (nSPS) is 20.8. The van der Waals surface area contributed by atoms with Crippen molar-refractivity contribution in [1.82, 2.24) is 9.62 Å². The second-order valence-electron chi connectivity index (χ2n) is 6.66. The fourth-order valence-electron chi connectivity index (χ4n) is 3.49. The summed E-state index contributed by atoms with van der Waals surface area (Å²) in [6.07, 6.45) is 3.81. The minimum absolute atomic E-state index is 0.217. The molecule has 0 amide bonds. The van der Waals surface area contributed by atoms with Gasteiger partial charge in [0.15, 0.2) is 11.5 Å². The highest BCUT2D eigenvalue weighted by molar-refractivity contribution is 7.89. The monoisotopic (exact) mass is 368 g/mol. The van der Waals surface area contributed by atoms with E-state index in [1.165, 1.54) is 5.56 Å². The number of hydrogen-bond acceptors (Lipinski definition) is 5. The molecule has 2 heterocycles. The lowest BCUT2D eigenvalue weighted by Crippen LogP contribution is -2.35. The summed E-state index contributed by atoms with van der Waals surface area (Å²) in [7, 11) is -3.14. The predicted octanol–water partition coefficient (Wildman–Crippen LogP) is 2.31. The van der Waals surface area contributed by atoms with Crippen molar-refractivity contribution >= 4 is 10.0 Å². The third kappa shape index (κ3) is 4.86. The maximum atomic E-state index is 11.9. The molecule has 140 valence electrons. The zero-order chi connectivity index (χ0) is 17.7. The summed E-state index contributed by atoms with van der Waals surface area (Å²) in [5.41, 5.74) is 1.22. The standard InChI is InChI=1S/C18H28N2O4S/c1-2-3-13-25(21,22)19-8-10-20-9-4-5-16(20)15-6-7-17-18(14-15)24-12-11-23-17/h6-7,14,16,19H,2-5,8-13H2,1H3. The lowest BCUT2D eigenvalue weighted by Gasteiger charge is -2.26. The van der Waals surface area contributed by atoms with Crippen molar-refractivity contribution in [3.05, 3.63) is 23.8 Å². The molecular formula is C18H28N2O4S. The van der Waals surface area contributed by atoms with E-state index in [0.29, 0.717) is 32.2 Å². The first-order chi connectivity index (χ1) is 12.1. The molecule has 0 aromatic heterocycles. The van der Waals surface area contributed by atoms with E-state index in [0.717, 1.165) is 43.9 Å². The highest BCUT2D eigenvalue weighted by Gasteiger charge is 2.27. The summed E-state index contributed by atoms with van der Waals surface area (Å²) in [6, 6.07) is 6.47. The minimum Gasteiger partial charge on any atom is -0.486 e. The summed E-state index contributed by atoms with van der Waals surface area (Å²) in [5.74, 6) is 1.84. The topological polar surface area (TPSA) is 67.9 Å². The van der Waals surface area contributed by atoms with Crippen molar-refractivity contribution in [3.8, 4) is 11.5 Å². The van der Waals surface area contributed by atoms with Crippen molar-refractivity contribution in [1.29, 1.82) is 0 Å². The van der Waals surface area contributed by atoms with Gasteiger partial charge in [0.2, 0.25) is 10.0 Å². The molecule has 6 nitrogen and oxygen atoms in total. The van der Waals surface area contributed by atoms with Gasteiger partial charge in [0, 0.05) is 19.1 Å². The van der Waals surface area contributed by atoms with Crippen molar-refractivity contribution in [3.63, 3.8) is 0 Å². The smallest absolute Gasteiger partial charge is 0.211 e. The van der Waals surface area contributed by atoms with Crippen LogP contribution in [-0.2, 0) is 10.0 Å². The fourth-order valence-corrected chi connectivity index (χ4v) is 4.71. The number of ether oxygens (including phenoxy) is 2. The van der Waals surface area contributed by atoms with Gasteiger partial charge in [-0.05, 0) is 43.5 Å². The summed E-state index contributed by atoms with van der Waals surface area (Å²) < 4.78 is 37.8. The first-order valence-corrected chi connectivity index (χ1v) is 10.9. The van der Waals surface area contributed by atoms with Crippen molar-refractivity contribution < 1.29 is 17.9 Å². The molecule has 1 fully saturated rings. The Hall–Kier alpha value is -1.31. The van der Waals surface area contributed by atoms with Crippen LogP contribution in [0.2, 0.25) is 0 Å². The quantitative estimate of drug-likeness (QED) is 0.763. The van der Waals surface area contributed by atoms with Gasteiger partial charge in [-0.15, -0.1) is 0 Å². The van der Waals surface area contributed by atoms with Gasteiger partial charge in [0.05, 0.1) is 5.75 Å². The molecule has 7 heteroatoms. The number of hydrogen-bond donors (Lipinski definition) is 1. The molecule has 1 aromatic carbocycles. The summed E-state index contributed by atoms with van der Waals surface area (Å²) in [5, 5.41) is 0. The second kappa shape index (κ2) is 8.38. The largest absolute Gasteiger partial charge is 0.486 e. The first kappa shape index (κ1) is 18.5. The lowest BCUT2D eigenvalue weighted by atomic mass is 10.0. The van der Waals surface area contributed by atoms with Gasteiger partial charge >= 0.3 is 0 Å². The molecular weight excluding hydrogens is 340 g/mol. The van der Waals surface area contributed by atoms with E-state index in [2.05, 4.69) is 21.8 Å². The average molecular weight is 368 g/mol. The number of rotatable bonds is 8. The Labute approximate surface area is 150 Å². The van der Waals surface area contributed by atoms with Gasteiger partial charge in [-0.25, -0.2) is 13.1 Å². The number of likely N-dealkylation sites (tertiary alicyclic amines) is 1. The average Bonchev–Trinajstić information content (AvgIpc) is 3.08. The van der Waals surface area contributed by atoms with E-state index in [4.69, 9.17) is 9.47 Å². The highest BCUT2D eigenvalue weighted by atomic mass is 32.2. The SMILES string of the molecule is CCCCS(=O)(=O)NCCN1CCCC1c1ccc2c(c1)OCCO2. The van der Waals surface area contributed by atoms with Crippen LogP contribution in [0.25, 0.3) is 0 Å². The van der Waals surface area contributed by atoms with Gasteiger partial charge < -0.3 is 9.47 Å². The number of nitrogens with zero attached hydrogens (tertiary/aromatic N) is 1. The number of fused-ring (bicyclic) bond motifs is 1. The Morgan fingerprint density at radius 2 is 2.04 bits per heavy atom. The van der Waals surface area contributed by atoms with E-state index in [1.54, 1.807) is 0 Å². The zero-order valence-corrected chi connectivity index (χ0v) is 15.7. The van der Waals surface area contributed by atoms with Crippen LogP contribution in [0.15, 0.2) is 18.2 Å². The Bertz CT molecular complexity index is 678. The number of nitrogens with one attached hydrogen (secondary N) is 1. The number of sulfonamides is 1. The zero-order valence-electron chi connectivity index (χ0n) is 14.9. The maximum Gasteiger partial charge on any atom is 0.211 e. The van der Waals surface area contributed by atoms with E-state index in [9.17, 15) is 8.42 Å². The molecule has 1 unspecified atom stereocenters. The van der Waals surface area contributed by atoms with E-state index in [-0.39, 0.29) is 5.75 Å². The highest BCUT2D eigenvalue weighted by Crippen LogP contribution is 2.37. The van der Waals surface area contributed by atoms with Crippen molar-refractivity contribution in [2.45, 2.75) is 38.6 Å². The number of unbranched alkanes of at least 4 members (excludes halogenated alkanes) is 1. The van der Waals surface area contributed by atoms with Gasteiger partial charge in [-0.2, -0.15) is 0 Å². The van der Waals surface area contributed by atoms with Crippen LogP contribution in [-0.4, -0.2) is 51.9 Å². The van der Waals surface area contributed by atoms with Crippen LogP contribution >= 0.6 is 0 Å². The van der Waals surface area contributed by atoms with Crippen LogP contribution in [0.5, 0.6) is 11.5 Å². The lowest BCUT2D eigenvalue weighted by molar-refractivity contribution is 0.170. The summed E-state index contributed by atoms with van der Waals surface area (Å²) in [4.78, 5) is 2.35. The number of benzene rings is 1. The van der Waals surface area contributed by atoms with Gasteiger partial charge in [0.25, 0.3) is 0 Å². The van der Waals surface area contributed by atoms with E-state index < -0.39 is 10.0 Å². The molecule has 0 radical (unpaired) electrons. The minimum atomic E-state index is -3.14. The Balaban J connectivity index is 1.57. The Morgan fingerprint density at radius 3 is 2.84 bits per heavy atom. The van der Waals surface area contributed by atoms with Crippen LogP contribution in [0, 0.1) is 0 Å². The van der Waals surface area contributed by atoms with Gasteiger partial charge in [-0.1, -0.05) is 19.4 Å². The Morgan fingerprint density at radius 1 is 1.24 bits per heavy atom. The summed E-state index contributed by atoms with van der Waals surface area (Å²) in [6.45, 7) is 5.37. The van der Waals surface area contributed by atoms with E-state index in [1.807, 2.05) is 13.0 Å². The van der Waals surface area contributed by atoms with Crippen molar-refractivity contribution in [2.24, 2.45) is 0 Å². The molecule has 2 aliphatic rings. The molecule has 3 rings (SSSR count). The van der Waals surface area contributed by atoms with Gasteiger partial charge in [-0.3, -0.25) is 4.90 Å². The molecule has 0 saturated carbocycles. The molecule has 1 N–H and O–H groups in total. The van der Waals surface area contributed by atoms with Crippen molar-refractivity contribution in [2.75, 3.05) is 38.6 Å². The molecule has 1 atom stereocenters. The van der Waals surface area contributed by atoms with Crippen LogP contribution in [0.3, 0.4) is 0 Å². The molecule has 2 aliphatic heterocycles. The fraction of sp³-hybridized carbons (Fsp3) is 0.667. The second-order valence-corrected chi connectivity index (χ2v) is 8.59. The first-order valence-electron chi connectivity index (χ1n) is 9.20. The van der Waals surface area contributed by atoms with E-state index >= 15 is 0 Å². The van der Waals surface area contributed by atoms with Gasteiger partial charge in [0.1, 0.15) is 13.2 Å². The van der Waals surface area contributed by atoms with Crippen LogP contribution in [0.1, 0.15) is 44.2 Å². The molecule has 1 saturated heterocycles. The molecule has 0 bridgehead atoms. The maximum absolute atomic E-state index is 11.9. The molecule has 0 aliphatic carbocycles. The third-order valence-electron chi connectivity index (χ3n) is 4.80. The predicted molar refractivity (Wildman–Crippen MR) is 97.7 cm³/mol. The molecule has 25 heavy (non-hydrogen) atoms. The summed E-state index contributed by atoms with van der Waals surface area (Å²) >= 11 is 0. The van der Waals surface area contributed by atoms with Crippen LogP contribution < -0.4 is 14.2 Å². The molecule has 0 spiro atoms. The Kier molecular flexibility index (Phi) is 6.19.